The van der Waals surface area contributed by atoms with Crippen LogP contribution in [0.5, 0.6) is 0 Å². The molecule has 1 aliphatic carbocycles. The fourth-order valence-corrected chi connectivity index (χ4v) is 3.44. The molecular weight excluding hydrogens is 286 g/mol. The Bertz CT molecular complexity index is 627. The average molecular weight is 311 g/mol. The molecule has 0 amide bonds. The quantitative estimate of drug-likeness (QED) is 0.891. The van der Waals surface area contributed by atoms with Gasteiger partial charge in [-0.25, -0.2) is 0 Å². The zero-order valence-corrected chi connectivity index (χ0v) is 13.8. The molecule has 1 N–H and O–H groups in total. The number of hydrogen-bond acceptors (Lipinski definition) is 4. The summed E-state index contributed by atoms with van der Waals surface area (Å²) in [7, 11) is 0. The van der Waals surface area contributed by atoms with Gasteiger partial charge in [0.25, 0.3) is 0 Å². The predicted molar refractivity (Wildman–Crippen MR) is 91.0 cm³/mol. The van der Waals surface area contributed by atoms with E-state index in [9.17, 15) is 5.11 Å². The third-order valence-corrected chi connectivity index (χ3v) is 4.58. The number of rotatable bonds is 6. The Morgan fingerprint density at radius 1 is 1.22 bits per heavy atom. The summed E-state index contributed by atoms with van der Waals surface area (Å²) in [6.07, 6.45) is 8.05. The number of nitrogens with zero attached hydrogens (tertiary/aromatic N) is 3. The SMILES string of the molecule is Cc1cnc(CN(CCCO)C2CCCc3ccccc32)cn1. The van der Waals surface area contributed by atoms with Crippen LogP contribution in [0.25, 0.3) is 0 Å². The second kappa shape index (κ2) is 7.66. The molecule has 0 bridgehead atoms. The van der Waals surface area contributed by atoms with E-state index >= 15 is 0 Å². The van der Waals surface area contributed by atoms with Gasteiger partial charge in [-0.1, -0.05) is 24.3 Å². The molecule has 0 aliphatic heterocycles. The van der Waals surface area contributed by atoms with Gasteiger partial charge in [-0.2, -0.15) is 0 Å². The average Bonchev–Trinajstić information content (AvgIpc) is 2.60. The van der Waals surface area contributed by atoms with Crippen molar-refractivity contribution >= 4 is 0 Å². The van der Waals surface area contributed by atoms with Crippen molar-refractivity contribution in [2.75, 3.05) is 13.2 Å². The second-order valence-electron chi connectivity index (χ2n) is 6.30. The van der Waals surface area contributed by atoms with Gasteiger partial charge in [0.15, 0.2) is 0 Å². The Labute approximate surface area is 138 Å². The van der Waals surface area contributed by atoms with Gasteiger partial charge in [-0.3, -0.25) is 14.9 Å². The van der Waals surface area contributed by atoms with Crippen molar-refractivity contribution in [2.24, 2.45) is 0 Å². The standard InChI is InChI=1S/C19H25N3O/c1-15-12-21-17(13-20-15)14-22(10-5-11-23)19-9-4-7-16-6-2-3-8-18(16)19/h2-3,6,8,12-13,19,23H,4-5,7,9-11,14H2,1H3. The number of hydrogen-bond donors (Lipinski definition) is 1. The molecule has 122 valence electrons. The van der Waals surface area contributed by atoms with Crippen molar-refractivity contribution in [2.45, 2.75) is 45.2 Å². The first-order valence-electron chi connectivity index (χ1n) is 8.48. The Kier molecular flexibility index (Phi) is 5.36. The van der Waals surface area contributed by atoms with Gasteiger partial charge in [0.2, 0.25) is 0 Å². The summed E-state index contributed by atoms with van der Waals surface area (Å²) < 4.78 is 0. The predicted octanol–water partition coefficient (Wildman–Crippen LogP) is 3.05. The first-order valence-corrected chi connectivity index (χ1v) is 8.48. The van der Waals surface area contributed by atoms with Crippen LogP contribution in [0.2, 0.25) is 0 Å². The molecule has 1 aromatic carbocycles. The maximum atomic E-state index is 9.26. The second-order valence-corrected chi connectivity index (χ2v) is 6.30. The van der Waals surface area contributed by atoms with E-state index in [-0.39, 0.29) is 6.61 Å². The molecule has 2 aromatic rings. The maximum Gasteiger partial charge on any atom is 0.0727 e. The van der Waals surface area contributed by atoms with E-state index in [4.69, 9.17) is 0 Å². The molecule has 0 fully saturated rings. The maximum absolute atomic E-state index is 9.26. The van der Waals surface area contributed by atoms with E-state index in [0.29, 0.717) is 6.04 Å². The molecule has 1 aliphatic rings. The van der Waals surface area contributed by atoms with Crippen LogP contribution in [0.3, 0.4) is 0 Å². The highest BCUT2D eigenvalue weighted by Crippen LogP contribution is 2.34. The number of aliphatic hydroxyl groups excluding tert-OH is 1. The largest absolute Gasteiger partial charge is 0.396 e. The van der Waals surface area contributed by atoms with Crippen molar-refractivity contribution in [3.63, 3.8) is 0 Å². The first-order chi connectivity index (χ1) is 11.3. The number of benzene rings is 1. The van der Waals surface area contributed by atoms with E-state index in [0.717, 1.165) is 30.9 Å². The van der Waals surface area contributed by atoms with Crippen LogP contribution in [0, 0.1) is 6.92 Å². The summed E-state index contributed by atoms with van der Waals surface area (Å²) in [4.78, 5) is 11.3. The summed E-state index contributed by atoms with van der Waals surface area (Å²) in [6.45, 7) is 3.85. The third-order valence-electron chi connectivity index (χ3n) is 4.58. The minimum absolute atomic E-state index is 0.227. The highest BCUT2D eigenvalue weighted by atomic mass is 16.3. The van der Waals surface area contributed by atoms with Gasteiger partial charge in [0.1, 0.15) is 0 Å². The molecule has 3 rings (SSSR count). The van der Waals surface area contributed by atoms with Crippen LogP contribution in [0.1, 0.15) is 47.8 Å². The molecule has 0 spiro atoms. The van der Waals surface area contributed by atoms with Crippen molar-refractivity contribution < 1.29 is 5.11 Å². The van der Waals surface area contributed by atoms with Crippen LogP contribution in [-0.4, -0.2) is 33.1 Å². The number of aromatic nitrogens is 2. The highest BCUT2D eigenvalue weighted by Gasteiger charge is 2.25. The molecule has 1 unspecified atom stereocenters. The van der Waals surface area contributed by atoms with Gasteiger partial charge in [0, 0.05) is 38.1 Å². The van der Waals surface area contributed by atoms with Crippen LogP contribution < -0.4 is 0 Å². The van der Waals surface area contributed by atoms with Gasteiger partial charge in [-0.05, 0) is 43.7 Å². The third kappa shape index (κ3) is 3.95. The number of aliphatic hydroxyl groups is 1. The summed E-state index contributed by atoms with van der Waals surface area (Å²) in [5, 5.41) is 9.26. The summed E-state index contributed by atoms with van der Waals surface area (Å²) >= 11 is 0. The zero-order chi connectivity index (χ0) is 16.1. The Morgan fingerprint density at radius 3 is 2.87 bits per heavy atom. The summed E-state index contributed by atoms with van der Waals surface area (Å²) in [6, 6.07) is 9.18. The van der Waals surface area contributed by atoms with E-state index in [1.807, 2.05) is 19.3 Å². The van der Waals surface area contributed by atoms with Crippen LogP contribution in [0.4, 0.5) is 0 Å². The molecule has 23 heavy (non-hydrogen) atoms. The first kappa shape index (κ1) is 16.1. The van der Waals surface area contributed by atoms with E-state index in [2.05, 4.69) is 39.1 Å². The molecule has 4 heteroatoms. The fraction of sp³-hybridized carbons (Fsp3) is 0.474. The molecule has 1 heterocycles. The van der Waals surface area contributed by atoms with Crippen LogP contribution in [0.15, 0.2) is 36.7 Å². The minimum Gasteiger partial charge on any atom is -0.396 e. The minimum atomic E-state index is 0.227. The highest BCUT2D eigenvalue weighted by molar-refractivity contribution is 5.32. The van der Waals surface area contributed by atoms with Gasteiger partial charge < -0.3 is 5.11 Å². The van der Waals surface area contributed by atoms with Crippen LogP contribution in [-0.2, 0) is 13.0 Å². The Morgan fingerprint density at radius 2 is 2.09 bits per heavy atom. The topological polar surface area (TPSA) is 49.2 Å². The fourth-order valence-electron chi connectivity index (χ4n) is 3.44. The lowest BCUT2D eigenvalue weighted by Gasteiger charge is -2.35. The van der Waals surface area contributed by atoms with Crippen molar-refractivity contribution in [3.05, 3.63) is 59.2 Å². The van der Waals surface area contributed by atoms with Gasteiger partial charge in [0.05, 0.1) is 11.4 Å². The van der Waals surface area contributed by atoms with E-state index in [1.54, 1.807) is 0 Å². The van der Waals surface area contributed by atoms with E-state index < -0.39 is 0 Å². The zero-order valence-electron chi connectivity index (χ0n) is 13.8. The summed E-state index contributed by atoms with van der Waals surface area (Å²) in [5.74, 6) is 0. The van der Waals surface area contributed by atoms with Crippen molar-refractivity contribution in [1.82, 2.24) is 14.9 Å². The Balaban J connectivity index is 1.83. The molecule has 0 radical (unpaired) electrons. The smallest absolute Gasteiger partial charge is 0.0727 e. The van der Waals surface area contributed by atoms with Gasteiger partial charge >= 0.3 is 0 Å². The Hall–Kier alpha value is -1.78. The van der Waals surface area contributed by atoms with Crippen LogP contribution >= 0.6 is 0 Å². The molecule has 0 saturated heterocycles. The van der Waals surface area contributed by atoms with Crippen molar-refractivity contribution in [3.8, 4) is 0 Å². The lowest BCUT2D eigenvalue weighted by Crippen LogP contribution is -2.32. The van der Waals surface area contributed by atoms with Crippen molar-refractivity contribution in [1.29, 1.82) is 0 Å². The monoisotopic (exact) mass is 311 g/mol. The van der Waals surface area contributed by atoms with Gasteiger partial charge in [-0.15, -0.1) is 0 Å². The number of fused-ring (bicyclic) bond motifs is 1. The lowest BCUT2D eigenvalue weighted by atomic mass is 9.86. The molecule has 1 atom stereocenters. The molecular formula is C19H25N3O. The normalized spacial score (nSPS) is 17.3. The molecule has 1 aromatic heterocycles. The number of aryl methyl sites for hydroxylation is 2. The lowest BCUT2D eigenvalue weighted by molar-refractivity contribution is 0.150. The summed E-state index contributed by atoms with van der Waals surface area (Å²) in [5.41, 5.74) is 4.85. The molecule has 4 nitrogen and oxygen atoms in total. The van der Waals surface area contributed by atoms with E-state index in [1.165, 1.54) is 30.4 Å². The molecule has 0 saturated carbocycles.